The van der Waals surface area contributed by atoms with E-state index in [2.05, 4.69) is 16.7 Å². The van der Waals surface area contributed by atoms with Gasteiger partial charge in [0, 0.05) is 39.0 Å². The minimum Gasteiger partial charge on any atom is -0.376 e. The van der Waals surface area contributed by atoms with Crippen LogP contribution in [0.5, 0.6) is 0 Å². The van der Waals surface area contributed by atoms with Crippen LogP contribution in [0.3, 0.4) is 0 Å². The van der Waals surface area contributed by atoms with Gasteiger partial charge < -0.3 is 14.5 Å². The Morgan fingerprint density at radius 1 is 1.26 bits per heavy atom. The van der Waals surface area contributed by atoms with Crippen LogP contribution in [0, 0.1) is 6.92 Å². The highest BCUT2D eigenvalue weighted by Crippen LogP contribution is 2.34. The lowest BCUT2D eigenvalue weighted by atomic mass is 10.2. The molecule has 3 saturated heterocycles. The summed E-state index contributed by atoms with van der Waals surface area (Å²) in [6, 6.07) is 3.80. The zero-order valence-corrected chi connectivity index (χ0v) is 21.2. The van der Waals surface area contributed by atoms with Crippen LogP contribution in [-0.4, -0.2) is 81.4 Å². The normalized spacial score (nSPS) is 23.1. The number of thiocarbonyl (C=S) groups is 1. The molecule has 0 saturated carbocycles. The fraction of sp³-hybridized carbons (Fsp3) is 0.500. The number of fused-ring (bicyclic) bond motifs is 1. The van der Waals surface area contributed by atoms with Crippen LogP contribution in [0.15, 0.2) is 28.0 Å². The second-order valence-electron chi connectivity index (χ2n) is 8.89. The molecule has 5 rings (SSSR count). The quantitative estimate of drug-likeness (QED) is 0.459. The van der Waals surface area contributed by atoms with Gasteiger partial charge in [0.05, 0.1) is 23.1 Å². The average Bonchev–Trinajstić information content (AvgIpc) is 3.45. The van der Waals surface area contributed by atoms with Crippen LogP contribution >= 0.6 is 24.0 Å². The number of ether oxygens (including phenoxy) is 1. The highest BCUT2D eigenvalue weighted by molar-refractivity contribution is 8.26. The summed E-state index contributed by atoms with van der Waals surface area (Å²) in [7, 11) is 0. The number of anilines is 1. The molecule has 0 N–H and O–H groups in total. The van der Waals surface area contributed by atoms with Crippen molar-refractivity contribution in [2.24, 2.45) is 0 Å². The smallest absolute Gasteiger partial charge is 0.267 e. The van der Waals surface area contributed by atoms with E-state index in [-0.39, 0.29) is 17.6 Å². The molecule has 2 aromatic rings. The third-order valence-electron chi connectivity index (χ3n) is 6.74. The molecule has 0 radical (unpaired) electrons. The molecule has 0 bridgehead atoms. The monoisotopic (exact) mass is 499 g/mol. The molecule has 3 aliphatic heterocycles. The first-order chi connectivity index (χ1) is 16.5. The Balaban J connectivity index is 1.55. The Kier molecular flexibility index (Phi) is 6.74. The zero-order chi connectivity index (χ0) is 23.8. The first-order valence-electron chi connectivity index (χ1n) is 11.8. The topological polar surface area (TPSA) is 70.4 Å². The molecule has 10 heteroatoms. The van der Waals surface area contributed by atoms with Crippen molar-refractivity contribution in [3.8, 4) is 0 Å². The molecule has 0 aromatic carbocycles. The van der Waals surface area contributed by atoms with Gasteiger partial charge in [0.25, 0.3) is 11.5 Å². The number of aryl methyl sites for hydroxylation is 1. The van der Waals surface area contributed by atoms with Gasteiger partial charge in [-0.05, 0) is 44.0 Å². The molecular formula is C24H29N5O3S2. The third-order valence-corrected chi connectivity index (χ3v) is 8.12. The summed E-state index contributed by atoms with van der Waals surface area (Å²) in [5.74, 6) is 0.473. The number of rotatable bonds is 5. The van der Waals surface area contributed by atoms with Crippen molar-refractivity contribution >= 4 is 51.7 Å². The average molecular weight is 500 g/mol. The van der Waals surface area contributed by atoms with Gasteiger partial charge in [0.1, 0.15) is 15.8 Å². The van der Waals surface area contributed by atoms with Crippen molar-refractivity contribution < 1.29 is 9.53 Å². The molecule has 3 aliphatic rings. The Bertz CT molecular complexity index is 1210. The molecule has 1 atom stereocenters. The number of thioether (sulfide) groups is 1. The Hall–Kier alpha value is -2.27. The molecule has 3 fully saturated rings. The van der Waals surface area contributed by atoms with Gasteiger partial charge in [0.15, 0.2) is 0 Å². The molecule has 5 heterocycles. The maximum atomic E-state index is 13.7. The van der Waals surface area contributed by atoms with E-state index >= 15 is 0 Å². The van der Waals surface area contributed by atoms with E-state index in [1.807, 2.05) is 19.1 Å². The number of aromatic nitrogens is 2. The number of piperazine rings is 1. The Morgan fingerprint density at radius 3 is 2.76 bits per heavy atom. The summed E-state index contributed by atoms with van der Waals surface area (Å²) in [6.45, 7) is 9.68. The third kappa shape index (κ3) is 4.39. The lowest BCUT2D eigenvalue weighted by Gasteiger charge is -2.35. The molecule has 0 aliphatic carbocycles. The fourth-order valence-corrected chi connectivity index (χ4v) is 5.98. The minimum absolute atomic E-state index is 0.0169. The predicted octanol–water partition coefficient (Wildman–Crippen LogP) is 2.53. The van der Waals surface area contributed by atoms with E-state index in [1.165, 1.54) is 11.8 Å². The summed E-state index contributed by atoms with van der Waals surface area (Å²) in [5, 5.41) is 0. The Labute approximate surface area is 208 Å². The largest absolute Gasteiger partial charge is 0.376 e. The number of carbonyl (C=O) groups excluding carboxylic acids is 1. The molecule has 0 spiro atoms. The molecule has 34 heavy (non-hydrogen) atoms. The van der Waals surface area contributed by atoms with Crippen molar-refractivity contribution in [1.82, 2.24) is 19.2 Å². The van der Waals surface area contributed by atoms with Gasteiger partial charge >= 0.3 is 0 Å². The van der Waals surface area contributed by atoms with Crippen LogP contribution < -0.4 is 10.5 Å². The maximum absolute atomic E-state index is 13.7. The first-order valence-corrected chi connectivity index (χ1v) is 13.0. The standard InChI is InChI=1S/C24H29N5O3S2/c1-3-26-9-11-27(12-10-26)21-18(22(30)28-8-4-6-16(2)20(28)25-21)14-19-23(31)29(24(33)34-19)15-17-7-5-13-32-17/h4,6,8,14,17H,3,5,7,9-13,15H2,1-2H3. The van der Waals surface area contributed by atoms with E-state index in [1.54, 1.807) is 21.6 Å². The van der Waals surface area contributed by atoms with Crippen LogP contribution in [0.4, 0.5) is 5.82 Å². The summed E-state index contributed by atoms with van der Waals surface area (Å²) in [5.41, 5.74) is 1.84. The lowest BCUT2D eigenvalue weighted by Crippen LogP contribution is -2.47. The molecule has 8 nitrogen and oxygen atoms in total. The van der Waals surface area contributed by atoms with Crippen molar-refractivity contribution in [2.45, 2.75) is 32.8 Å². The first kappa shape index (κ1) is 23.5. The van der Waals surface area contributed by atoms with Crippen molar-refractivity contribution in [3.63, 3.8) is 0 Å². The number of hydrogen-bond donors (Lipinski definition) is 0. The Morgan fingerprint density at radius 2 is 2.06 bits per heavy atom. The molecular weight excluding hydrogens is 470 g/mol. The SMILES string of the molecule is CCN1CCN(c2nc3c(C)cccn3c(=O)c2C=C2SC(=S)N(CC3CCCO3)C2=O)CC1. The number of amides is 1. The number of carbonyl (C=O) groups is 1. The lowest BCUT2D eigenvalue weighted by molar-refractivity contribution is -0.123. The number of pyridine rings is 1. The van der Waals surface area contributed by atoms with Crippen LogP contribution in [0.1, 0.15) is 30.9 Å². The van der Waals surface area contributed by atoms with E-state index in [9.17, 15) is 9.59 Å². The van der Waals surface area contributed by atoms with Gasteiger partial charge in [-0.25, -0.2) is 4.98 Å². The highest BCUT2D eigenvalue weighted by atomic mass is 32.2. The second-order valence-corrected chi connectivity index (χ2v) is 10.6. The number of nitrogens with zero attached hydrogens (tertiary/aromatic N) is 5. The van der Waals surface area contributed by atoms with Crippen LogP contribution in [-0.2, 0) is 9.53 Å². The van der Waals surface area contributed by atoms with Gasteiger partial charge in [0.2, 0.25) is 0 Å². The van der Waals surface area contributed by atoms with E-state index < -0.39 is 0 Å². The van der Waals surface area contributed by atoms with Gasteiger partial charge in [-0.1, -0.05) is 37.0 Å². The highest BCUT2D eigenvalue weighted by Gasteiger charge is 2.35. The maximum Gasteiger partial charge on any atom is 0.267 e. The fourth-order valence-electron chi connectivity index (χ4n) is 4.72. The van der Waals surface area contributed by atoms with Crippen molar-refractivity contribution in [3.05, 3.63) is 44.7 Å². The summed E-state index contributed by atoms with van der Waals surface area (Å²) < 4.78 is 7.78. The predicted molar refractivity (Wildman–Crippen MR) is 139 cm³/mol. The summed E-state index contributed by atoms with van der Waals surface area (Å²) in [6.07, 6.45) is 5.38. The summed E-state index contributed by atoms with van der Waals surface area (Å²) >= 11 is 6.76. The zero-order valence-electron chi connectivity index (χ0n) is 19.5. The summed E-state index contributed by atoms with van der Waals surface area (Å²) in [4.78, 5) is 38.5. The minimum atomic E-state index is -0.175. The van der Waals surface area contributed by atoms with Crippen molar-refractivity contribution in [1.29, 1.82) is 0 Å². The molecule has 1 unspecified atom stereocenters. The van der Waals surface area contributed by atoms with Crippen molar-refractivity contribution in [2.75, 3.05) is 50.8 Å². The van der Waals surface area contributed by atoms with Crippen LogP contribution in [0.25, 0.3) is 11.7 Å². The van der Waals surface area contributed by atoms with Gasteiger partial charge in [-0.15, -0.1) is 0 Å². The van der Waals surface area contributed by atoms with Crippen LogP contribution in [0.2, 0.25) is 0 Å². The number of likely N-dealkylation sites (N-methyl/N-ethyl adjacent to an activating group) is 1. The van der Waals surface area contributed by atoms with Gasteiger partial charge in [-0.3, -0.25) is 18.9 Å². The van der Waals surface area contributed by atoms with E-state index in [0.29, 0.717) is 32.8 Å². The molecule has 180 valence electrons. The van der Waals surface area contributed by atoms with E-state index in [4.69, 9.17) is 21.9 Å². The van der Waals surface area contributed by atoms with Gasteiger partial charge in [-0.2, -0.15) is 0 Å². The number of hydrogen-bond acceptors (Lipinski definition) is 8. The second kappa shape index (κ2) is 9.77. The molecule has 2 aromatic heterocycles. The molecule has 1 amide bonds. The van der Waals surface area contributed by atoms with E-state index in [0.717, 1.165) is 57.7 Å².